The number of aliphatic hydroxyl groups is 1. The minimum Gasteiger partial charge on any atom is -0.389 e. The summed E-state index contributed by atoms with van der Waals surface area (Å²) in [5.41, 5.74) is 0. The van der Waals surface area contributed by atoms with Gasteiger partial charge in [-0.25, -0.2) is 0 Å². The predicted molar refractivity (Wildman–Crippen MR) is 54.0 cm³/mol. The summed E-state index contributed by atoms with van der Waals surface area (Å²) < 4.78 is 0. The van der Waals surface area contributed by atoms with Crippen LogP contribution in [-0.2, 0) is 0 Å². The SMILES string of the molecule is CC/C=C\CC(O)/C=C\C(C)C. The molecule has 1 heteroatoms. The highest BCUT2D eigenvalue weighted by molar-refractivity contribution is 4.95. The van der Waals surface area contributed by atoms with E-state index >= 15 is 0 Å². The van der Waals surface area contributed by atoms with Crippen molar-refractivity contribution in [2.45, 2.75) is 39.7 Å². The molecule has 0 aromatic rings. The fraction of sp³-hybridized carbons (Fsp3) is 0.636. The Morgan fingerprint density at radius 2 is 1.83 bits per heavy atom. The van der Waals surface area contributed by atoms with E-state index in [0.29, 0.717) is 5.92 Å². The molecule has 0 saturated heterocycles. The molecule has 0 bridgehead atoms. The number of aliphatic hydroxyl groups excluding tert-OH is 1. The van der Waals surface area contributed by atoms with Gasteiger partial charge in [-0.2, -0.15) is 0 Å². The normalized spacial score (nSPS) is 15.1. The Hall–Kier alpha value is -0.560. The molecule has 0 fully saturated rings. The summed E-state index contributed by atoms with van der Waals surface area (Å²) >= 11 is 0. The summed E-state index contributed by atoms with van der Waals surface area (Å²) in [5.74, 6) is 0.523. The summed E-state index contributed by atoms with van der Waals surface area (Å²) in [5, 5.41) is 9.39. The van der Waals surface area contributed by atoms with Crippen molar-refractivity contribution >= 4 is 0 Å². The lowest BCUT2D eigenvalue weighted by molar-refractivity contribution is 0.226. The highest BCUT2D eigenvalue weighted by Crippen LogP contribution is 2.00. The third-order valence-corrected chi connectivity index (χ3v) is 1.50. The summed E-state index contributed by atoms with van der Waals surface area (Å²) in [6.07, 6.45) is 9.46. The molecule has 0 saturated carbocycles. The summed E-state index contributed by atoms with van der Waals surface area (Å²) in [6, 6.07) is 0. The average molecular weight is 168 g/mol. The molecule has 0 radical (unpaired) electrons. The smallest absolute Gasteiger partial charge is 0.0755 e. The lowest BCUT2D eigenvalue weighted by Gasteiger charge is -2.01. The minimum atomic E-state index is -0.310. The summed E-state index contributed by atoms with van der Waals surface area (Å²) in [4.78, 5) is 0. The van der Waals surface area contributed by atoms with Crippen LogP contribution >= 0.6 is 0 Å². The van der Waals surface area contributed by atoms with Gasteiger partial charge in [0.25, 0.3) is 0 Å². The molecule has 0 heterocycles. The van der Waals surface area contributed by atoms with Crippen molar-refractivity contribution < 1.29 is 5.11 Å². The van der Waals surface area contributed by atoms with Gasteiger partial charge in [0.15, 0.2) is 0 Å². The van der Waals surface area contributed by atoms with E-state index in [-0.39, 0.29) is 6.10 Å². The van der Waals surface area contributed by atoms with Crippen molar-refractivity contribution in [2.24, 2.45) is 5.92 Å². The van der Waals surface area contributed by atoms with Gasteiger partial charge >= 0.3 is 0 Å². The molecule has 0 spiro atoms. The minimum absolute atomic E-state index is 0.310. The molecule has 70 valence electrons. The van der Waals surface area contributed by atoms with Crippen LogP contribution in [0.3, 0.4) is 0 Å². The van der Waals surface area contributed by atoms with E-state index in [0.717, 1.165) is 12.8 Å². The monoisotopic (exact) mass is 168 g/mol. The number of allylic oxidation sites excluding steroid dienone is 2. The molecule has 0 rings (SSSR count). The van der Waals surface area contributed by atoms with Gasteiger partial charge in [-0.3, -0.25) is 0 Å². The molecule has 1 atom stereocenters. The molecule has 0 aliphatic rings. The van der Waals surface area contributed by atoms with E-state index in [1.807, 2.05) is 18.2 Å². The maximum atomic E-state index is 9.39. The number of rotatable bonds is 5. The summed E-state index contributed by atoms with van der Waals surface area (Å²) in [7, 11) is 0. The lowest BCUT2D eigenvalue weighted by Crippen LogP contribution is -1.99. The van der Waals surface area contributed by atoms with Crippen LogP contribution in [0.5, 0.6) is 0 Å². The molecular weight excluding hydrogens is 148 g/mol. The molecule has 0 aliphatic carbocycles. The Balaban J connectivity index is 3.58. The molecule has 0 aromatic carbocycles. The van der Waals surface area contributed by atoms with Gasteiger partial charge in [0.2, 0.25) is 0 Å². The standard InChI is InChI=1S/C11H20O/c1-4-5-6-7-11(12)9-8-10(2)3/h5-6,8-12H,4,7H2,1-3H3/b6-5-,9-8-. The largest absolute Gasteiger partial charge is 0.389 e. The Morgan fingerprint density at radius 1 is 1.17 bits per heavy atom. The fourth-order valence-corrected chi connectivity index (χ4v) is 0.831. The Kier molecular flexibility index (Phi) is 6.78. The maximum Gasteiger partial charge on any atom is 0.0755 e. The predicted octanol–water partition coefficient (Wildman–Crippen LogP) is 2.92. The molecule has 1 nitrogen and oxygen atoms in total. The van der Waals surface area contributed by atoms with E-state index in [1.54, 1.807) is 0 Å². The Morgan fingerprint density at radius 3 is 2.33 bits per heavy atom. The van der Waals surface area contributed by atoms with Gasteiger partial charge in [-0.05, 0) is 18.8 Å². The Bertz CT molecular complexity index is 145. The van der Waals surface area contributed by atoms with Crippen LogP contribution in [0, 0.1) is 5.92 Å². The topological polar surface area (TPSA) is 20.2 Å². The first-order chi connectivity index (χ1) is 5.66. The third-order valence-electron chi connectivity index (χ3n) is 1.50. The zero-order valence-corrected chi connectivity index (χ0v) is 8.33. The average Bonchev–Trinajstić information content (AvgIpc) is 2.01. The van der Waals surface area contributed by atoms with Crippen molar-refractivity contribution in [1.82, 2.24) is 0 Å². The van der Waals surface area contributed by atoms with E-state index in [1.165, 1.54) is 0 Å². The molecule has 1 N–H and O–H groups in total. The van der Waals surface area contributed by atoms with Crippen molar-refractivity contribution in [3.63, 3.8) is 0 Å². The lowest BCUT2D eigenvalue weighted by atomic mass is 10.1. The highest BCUT2D eigenvalue weighted by atomic mass is 16.3. The second-order valence-electron chi connectivity index (χ2n) is 3.31. The molecule has 0 amide bonds. The first-order valence-corrected chi connectivity index (χ1v) is 4.68. The van der Waals surface area contributed by atoms with Gasteiger partial charge < -0.3 is 5.11 Å². The van der Waals surface area contributed by atoms with Gasteiger partial charge in [0, 0.05) is 0 Å². The molecular formula is C11H20O. The quantitative estimate of drug-likeness (QED) is 0.626. The number of hydrogen-bond acceptors (Lipinski definition) is 1. The third kappa shape index (κ3) is 7.55. The molecule has 0 aliphatic heterocycles. The fourth-order valence-electron chi connectivity index (χ4n) is 0.831. The second-order valence-corrected chi connectivity index (χ2v) is 3.31. The maximum absolute atomic E-state index is 9.39. The van der Waals surface area contributed by atoms with Gasteiger partial charge in [-0.1, -0.05) is 45.1 Å². The van der Waals surface area contributed by atoms with Crippen LogP contribution in [0.1, 0.15) is 33.6 Å². The zero-order chi connectivity index (χ0) is 9.40. The number of hydrogen-bond donors (Lipinski definition) is 1. The van der Waals surface area contributed by atoms with E-state index < -0.39 is 0 Å². The molecule has 1 unspecified atom stereocenters. The van der Waals surface area contributed by atoms with Crippen LogP contribution in [0.25, 0.3) is 0 Å². The first kappa shape index (κ1) is 11.4. The van der Waals surface area contributed by atoms with Crippen LogP contribution in [-0.4, -0.2) is 11.2 Å². The van der Waals surface area contributed by atoms with E-state index in [9.17, 15) is 5.11 Å². The van der Waals surface area contributed by atoms with Crippen molar-refractivity contribution in [1.29, 1.82) is 0 Å². The van der Waals surface area contributed by atoms with Crippen molar-refractivity contribution in [2.75, 3.05) is 0 Å². The van der Waals surface area contributed by atoms with Gasteiger partial charge in [0.1, 0.15) is 0 Å². The Labute approximate surface area is 75.8 Å². The molecule has 12 heavy (non-hydrogen) atoms. The summed E-state index contributed by atoms with van der Waals surface area (Å²) in [6.45, 7) is 6.29. The van der Waals surface area contributed by atoms with E-state index in [4.69, 9.17) is 0 Å². The first-order valence-electron chi connectivity index (χ1n) is 4.68. The van der Waals surface area contributed by atoms with Crippen molar-refractivity contribution in [3.8, 4) is 0 Å². The van der Waals surface area contributed by atoms with E-state index in [2.05, 4.69) is 26.8 Å². The molecule has 0 aromatic heterocycles. The van der Waals surface area contributed by atoms with Crippen LogP contribution in [0.15, 0.2) is 24.3 Å². The highest BCUT2D eigenvalue weighted by Gasteiger charge is 1.94. The van der Waals surface area contributed by atoms with Crippen LogP contribution in [0.4, 0.5) is 0 Å². The van der Waals surface area contributed by atoms with Gasteiger partial charge in [0.05, 0.1) is 6.10 Å². The van der Waals surface area contributed by atoms with Crippen molar-refractivity contribution in [3.05, 3.63) is 24.3 Å². The van der Waals surface area contributed by atoms with Gasteiger partial charge in [-0.15, -0.1) is 0 Å². The zero-order valence-electron chi connectivity index (χ0n) is 8.33. The second kappa shape index (κ2) is 7.11. The van der Waals surface area contributed by atoms with Crippen LogP contribution in [0.2, 0.25) is 0 Å². The van der Waals surface area contributed by atoms with Crippen LogP contribution < -0.4 is 0 Å².